The zero-order valence-electron chi connectivity index (χ0n) is 17.3. The number of hydrogen-bond donors (Lipinski definition) is 1. The van der Waals surface area contributed by atoms with Crippen LogP contribution in [-0.2, 0) is 11.4 Å². The number of carboxylic acid groups (broad SMARTS) is 1. The van der Waals surface area contributed by atoms with E-state index in [1.807, 2.05) is 6.08 Å². The summed E-state index contributed by atoms with van der Waals surface area (Å²) >= 11 is 6.06. The minimum Gasteiger partial charge on any atom is -0.481 e. The van der Waals surface area contributed by atoms with Crippen LogP contribution in [-0.4, -0.2) is 16.1 Å². The molecule has 0 saturated carbocycles. The fraction of sp³-hybridized carbons (Fsp3) is 0.273. The molecule has 2 heterocycles. The lowest BCUT2D eigenvalue weighted by atomic mass is 9.86. The SMILES string of the molecule is [2H]C([2H])(Oc1cccc(C2=CCC(CC(=O)O)CC2)n1)c1ccc(Cl)c2cc(F)oc12. The quantitative estimate of drug-likeness (QED) is 0.544. The Hall–Kier alpha value is -2.86. The molecule has 150 valence electrons. The minimum atomic E-state index is -2.35. The van der Waals surface area contributed by atoms with Crippen molar-refractivity contribution >= 4 is 34.1 Å². The maximum absolute atomic E-state index is 13.6. The molecule has 0 fully saturated rings. The van der Waals surface area contributed by atoms with Gasteiger partial charge in [-0.05, 0) is 42.9 Å². The molecule has 0 aliphatic heterocycles. The summed E-state index contributed by atoms with van der Waals surface area (Å²) in [6.45, 7) is -2.35. The van der Waals surface area contributed by atoms with E-state index < -0.39 is 18.5 Å². The number of aromatic nitrogens is 1. The van der Waals surface area contributed by atoms with Gasteiger partial charge in [0.2, 0.25) is 5.88 Å². The summed E-state index contributed by atoms with van der Waals surface area (Å²) in [4.78, 5) is 15.3. The maximum Gasteiger partial charge on any atom is 0.303 e. The molecule has 29 heavy (non-hydrogen) atoms. The van der Waals surface area contributed by atoms with Gasteiger partial charge in [-0.3, -0.25) is 4.79 Å². The summed E-state index contributed by atoms with van der Waals surface area (Å²) in [5.74, 6) is -0.632. The molecule has 4 rings (SSSR count). The normalized spacial score (nSPS) is 18.1. The van der Waals surface area contributed by atoms with Crippen LogP contribution in [0.4, 0.5) is 4.39 Å². The third kappa shape index (κ3) is 4.43. The highest BCUT2D eigenvalue weighted by Crippen LogP contribution is 2.32. The fourth-order valence-electron chi connectivity index (χ4n) is 3.45. The average Bonchev–Trinajstić information content (AvgIpc) is 3.10. The molecule has 1 aromatic carbocycles. The van der Waals surface area contributed by atoms with Gasteiger partial charge in [0, 0.05) is 29.5 Å². The van der Waals surface area contributed by atoms with Crippen LogP contribution in [0.25, 0.3) is 16.5 Å². The van der Waals surface area contributed by atoms with Gasteiger partial charge in [-0.25, -0.2) is 4.98 Å². The van der Waals surface area contributed by atoms with Crippen molar-refractivity contribution in [1.29, 1.82) is 0 Å². The number of fused-ring (bicyclic) bond motifs is 1. The molecule has 0 spiro atoms. The summed E-state index contributed by atoms with van der Waals surface area (Å²) in [5.41, 5.74) is 1.59. The molecule has 0 amide bonds. The van der Waals surface area contributed by atoms with E-state index >= 15 is 0 Å². The van der Waals surface area contributed by atoms with Gasteiger partial charge in [-0.15, -0.1) is 0 Å². The summed E-state index contributed by atoms with van der Waals surface area (Å²) in [7, 11) is 0. The predicted octanol–water partition coefficient (Wildman–Crippen LogP) is 5.86. The van der Waals surface area contributed by atoms with Crippen molar-refractivity contribution in [2.75, 3.05) is 0 Å². The van der Waals surface area contributed by atoms with Crippen molar-refractivity contribution in [3.8, 4) is 5.88 Å². The number of aliphatic carboxylic acids is 1. The number of ether oxygens (including phenoxy) is 1. The molecule has 1 atom stereocenters. The standard InChI is InChI=1S/C22H19ClFNO4/c23-17-9-8-15(22-16(17)11-19(24)29-22)12-28-20-3-1-2-18(25-20)14-6-4-13(5-7-14)10-21(26)27/h1-3,6,8-9,11,13H,4-5,7,10,12H2,(H,26,27)/i12D2. The van der Waals surface area contributed by atoms with Gasteiger partial charge in [0.05, 0.1) is 13.5 Å². The monoisotopic (exact) mass is 417 g/mol. The first-order valence-corrected chi connectivity index (χ1v) is 9.56. The fourth-order valence-corrected chi connectivity index (χ4v) is 3.66. The molecule has 7 heteroatoms. The van der Waals surface area contributed by atoms with Gasteiger partial charge in [0.15, 0.2) is 0 Å². The lowest BCUT2D eigenvalue weighted by molar-refractivity contribution is -0.138. The van der Waals surface area contributed by atoms with Crippen LogP contribution in [0.15, 0.2) is 46.9 Å². The minimum absolute atomic E-state index is 0.00334. The smallest absolute Gasteiger partial charge is 0.303 e. The Labute approximate surface area is 174 Å². The molecule has 0 bridgehead atoms. The topological polar surface area (TPSA) is 72.6 Å². The molecular formula is C22H19ClFNO4. The van der Waals surface area contributed by atoms with E-state index in [1.165, 1.54) is 18.2 Å². The second-order valence-corrected chi connectivity index (χ2v) is 7.33. The molecule has 1 N–H and O–H groups in total. The van der Waals surface area contributed by atoms with Crippen LogP contribution >= 0.6 is 11.6 Å². The third-order valence-corrected chi connectivity index (χ3v) is 5.23. The molecule has 5 nitrogen and oxygen atoms in total. The number of benzene rings is 1. The number of halogens is 2. The van der Waals surface area contributed by atoms with Crippen molar-refractivity contribution in [3.63, 3.8) is 0 Å². The molecule has 0 radical (unpaired) electrons. The first-order chi connectivity index (χ1) is 14.7. The summed E-state index contributed by atoms with van der Waals surface area (Å²) in [6.07, 6.45) is 4.21. The average molecular weight is 418 g/mol. The Bertz CT molecular complexity index is 1180. The lowest BCUT2D eigenvalue weighted by Crippen LogP contribution is -2.11. The van der Waals surface area contributed by atoms with Crippen molar-refractivity contribution in [3.05, 3.63) is 64.8 Å². The van der Waals surface area contributed by atoms with E-state index in [4.69, 9.17) is 28.6 Å². The molecule has 0 saturated heterocycles. The highest BCUT2D eigenvalue weighted by molar-refractivity contribution is 6.35. The number of furan rings is 1. The maximum atomic E-state index is 13.6. The highest BCUT2D eigenvalue weighted by Gasteiger charge is 2.19. The van der Waals surface area contributed by atoms with E-state index in [2.05, 4.69) is 4.98 Å². The van der Waals surface area contributed by atoms with Gasteiger partial charge < -0.3 is 14.3 Å². The van der Waals surface area contributed by atoms with Crippen LogP contribution < -0.4 is 4.74 Å². The Morgan fingerprint density at radius 1 is 1.41 bits per heavy atom. The van der Waals surface area contributed by atoms with Crippen molar-refractivity contribution < 1.29 is 26.2 Å². The third-order valence-electron chi connectivity index (χ3n) is 4.90. The Morgan fingerprint density at radius 3 is 3.03 bits per heavy atom. The van der Waals surface area contributed by atoms with Crippen molar-refractivity contribution in [2.45, 2.75) is 32.2 Å². The van der Waals surface area contributed by atoms with E-state index in [-0.39, 0.29) is 39.8 Å². The highest BCUT2D eigenvalue weighted by atomic mass is 35.5. The van der Waals surface area contributed by atoms with Gasteiger partial charge in [0.1, 0.15) is 12.1 Å². The largest absolute Gasteiger partial charge is 0.481 e. The number of hydrogen-bond acceptors (Lipinski definition) is 4. The van der Waals surface area contributed by atoms with E-state index in [9.17, 15) is 9.18 Å². The van der Waals surface area contributed by atoms with E-state index in [0.29, 0.717) is 18.5 Å². The van der Waals surface area contributed by atoms with Crippen LogP contribution in [0.5, 0.6) is 5.88 Å². The predicted molar refractivity (Wildman–Crippen MR) is 107 cm³/mol. The number of rotatable bonds is 6. The lowest BCUT2D eigenvalue weighted by Gasteiger charge is -2.20. The second kappa shape index (κ2) is 8.25. The molecular weight excluding hydrogens is 397 g/mol. The number of allylic oxidation sites excluding steroid dienone is 2. The molecule has 1 aliphatic rings. The Kier molecular flexibility index (Phi) is 4.85. The number of pyridine rings is 1. The molecule has 1 aliphatic carbocycles. The van der Waals surface area contributed by atoms with Crippen LogP contribution in [0.2, 0.25) is 5.02 Å². The van der Waals surface area contributed by atoms with Gasteiger partial charge >= 0.3 is 5.97 Å². The second-order valence-electron chi connectivity index (χ2n) is 6.92. The van der Waals surface area contributed by atoms with Crippen LogP contribution in [0, 0.1) is 11.9 Å². The summed E-state index contributed by atoms with van der Waals surface area (Å²) in [5, 5.41) is 9.45. The number of carbonyl (C=O) groups is 1. The van der Waals surface area contributed by atoms with Crippen LogP contribution in [0.1, 0.15) is 39.7 Å². The van der Waals surface area contributed by atoms with Gasteiger partial charge in [-0.1, -0.05) is 29.8 Å². The summed E-state index contributed by atoms with van der Waals surface area (Å²) in [6, 6.07) is 8.13. The van der Waals surface area contributed by atoms with Gasteiger partial charge in [-0.2, -0.15) is 4.39 Å². The number of carboxylic acids is 1. The van der Waals surface area contributed by atoms with Crippen molar-refractivity contribution in [1.82, 2.24) is 4.98 Å². The first-order valence-electron chi connectivity index (χ1n) is 10.2. The van der Waals surface area contributed by atoms with E-state index in [0.717, 1.165) is 18.1 Å². The van der Waals surface area contributed by atoms with E-state index in [1.54, 1.807) is 12.1 Å². The zero-order chi connectivity index (χ0) is 22.2. The Balaban J connectivity index is 1.57. The molecule has 3 aromatic rings. The Morgan fingerprint density at radius 2 is 2.28 bits per heavy atom. The molecule has 2 aromatic heterocycles. The number of nitrogens with zero attached hydrogens (tertiary/aromatic N) is 1. The van der Waals surface area contributed by atoms with Crippen molar-refractivity contribution in [2.24, 2.45) is 5.92 Å². The van der Waals surface area contributed by atoms with Crippen LogP contribution in [0.3, 0.4) is 0 Å². The van der Waals surface area contributed by atoms with Gasteiger partial charge in [0.25, 0.3) is 6.01 Å². The first kappa shape index (κ1) is 17.0. The summed E-state index contributed by atoms with van der Waals surface area (Å²) < 4.78 is 40.9. The molecule has 1 unspecified atom stereocenters. The zero-order valence-corrected chi connectivity index (χ0v) is 16.1.